The van der Waals surface area contributed by atoms with Gasteiger partial charge in [-0.25, -0.2) is 0 Å². The van der Waals surface area contributed by atoms with Gasteiger partial charge in [0.25, 0.3) is 0 Å². The second-order valence-electron chi connectivity index (χ2n) is 4.06. The molecule has 2 rings (SSSR count). The predicted molar refractivity (Wildman–Crippen MR) is 47.2 cm³/mol. The molecule has 2 saturated carbocycles. The van der Waals surface area contributed by atoms with E-state index in [1.165, 1.54) is 0 Å². The van der Waals surface area contributed by atoms with Crippen LogP contribution in [-0.4, -0.2) is 25.8 Å². The fourth-order valence-corrected chi connectivity index (χ4v) is 2.55. The molecule has 2 fully saturated rings. The molecule has 0 saturated heterocycles. The summed E-state index contributed by atoms with van der Waals surface area (Å²) in [5.41, 5.74) is 0. The van der Waals surface area contributed by atoms with Crippen LogP contribution in [0.25, 0.3) is 0 Å². The lowest BCUT2D eigenvalue weighted by Gasteiger charge is -2.19. The van der Waals surface area contributed by atoms with Gasteiger partial charge >= 0.3 is 0 Å². The fourth-order valence-electron chi connectivity index (χ4n) is 2.55. The summed E-state index contributed by atoms with van der Waals surface area (Å²) < 4.78 is 10.3. The molecule has 0 aromatic rings. The molecule has 0 aromatic heterocycles. The SMILES string of the molecule is COCO[C@@H]1C[C@@H]2CCC(=O)[C@H]1C2. The average Bonchev–Trinajstić information content (AvgIpc) is 2.48. The van der Waals surface area contributed by atoms with Crippen LogP contribution in [0.3, 0.4) is 0 Å². The molecule has 0 amide bonds. The summed E-state index contributed by atoms with van der Waals surface area (Å²) in [5.74, 6) is 1.30. The van der Waals surface area contributed by atoms with Crippen molar-refractivity contribution in [2.24, 2.45) is 11.8 Å². The van der Waals surface area contributed by atoms with Gasteiger partial charge in [0.15, 0.2) is 0 Å². The second kappa shape index (κ2) is 3.76. The molecule has 74 valence electrons. The van der Waals surface area contributed by atoms with Crippen molar-refractivity contribution < 1.29 is 14.3 Å². The number of ketones is 1. The number of Topliss-reactive ketones (excluding diaryl/α,β-unsaturated/α-hetero) is 1. The first-order valence-corrected chi connectivity index (χ1v) is 4.94. The Morgan fingerprint density at radius 3 is 3.08 bits per heavy atom. The minimum atomic E-state index is 0.139. The Morgan fingerprint density at radius 2 is 2.31 bits per heavy atom. The van der Waals surface area contributed by atoms with E-state index >= 15 is 0 Å². The summed E-state index contributed by atoms with van der Waals surface area (Å²) in [7, 11) is 1.61. The van der Waals surface area contributed by atoms with Crippen LogP contribution in [0.5, 0.6) is 0 Å². The normalized spacial score (nSPS) is 38.2. The van der Waals surface area contributed by atoms with E-state index in [1.54, 1.807) is 7.11 Å². The van der Waals surface area contributed by atoms with Crippen molar-refractivity contribution in [2.45, 2.75) is 31.8 Å². The van der Waals surface area contributed by atoms with Gasteiger partial charge < -0.3 is 9.47 Å². The molecule has 2 bridgehead atoms. The van der Waals surface area contributed by atoms with Crippen LogP contribution in [0.1, 0.15) is 25.7 Å². The molecule has 3 heteroatoms. The first-order chi connectivity index (χ1) is 6.31. The molecule has 2 aliphatic rings. The molecule has 3 atom stereocenters. The van der Waals surface area contributed by atoms with Crippen LogP contribution in [-0.2, 0) is 14.3 Å². The number of methoxy groups -OCH3 is 1. The zero-order chi connectivity index (χ0) is 9.26. The molecule has 0 aromatic carbocycles. The fraction of sp³-hybridized carbons (Fsp3) is 0.900. The Labute approximate surface area is 78.4 Å². The number of fused-ring (bicyclic) bond motifs is 2. The van der Waals surface area contributed by atoms with E-state index in [1.807, 2.05) is 0 Å². The first kappa shape index (κ1) is 9.16. The van der Waals surface area contributed by atoms with Gasteiger partial charge in [-0.2, -0.15) is 0 Å². The number of hydrogen-bond donors (Lipinski definition) is 0. The van der Waals surface area contributed by atoms with Crippen LogP contribution in [0, 0.1) is 11.8 Å². The number of rotatable bonds is 3. The van der Waals surface area contributed by atoms with Crippen molar-refractivity contribution >= 4 is 5.78 Å². The van der Waals surface area contributed by atoms with E-state index in [4.69, 9.17) is 9.47 Å². The maximum absolute atomic E-state index is 11.5. The Kier molecular flexibility index (Phi) is 2.65. The van der Waals surface area contributed by atoms with E-state index in [2.05, 4.69) is 0 Å². The maximum atomic E-state index is 11.5. The quantitative estimate of drug-likeness (QED) is 0.621. The van der Waals surface area contributed by atoms with Crippen molar-refractivity contribution in [1.29, 1.82) is 0 Å². The van der Waals surface area contributed by atoms with Crippen molar-refractivity contribution in [3.63, 3.8) is 0 Å². The average molecular weight is 184 g/mol. The van der Waals surface area contributed by atoms with Gasteiger partial charge in [-0.1, -0.05) is 0 Å². The molecule has 0 spiro atoms. The Hall–Kier alpha value is -0.410. The highest BCUT2D eigenvalue weighted by molar-refractivity contribution is 5.82. The standard InChI is InChI=1S/C10H16O3/c1-12-6-13-10-5-7-2-3-9(11)8(10)4-7/h7-8,10H,2-6H2,1H3/t7-,8-,10-/m1/s1. The van der Waals surface area contributed by atoms with Crippen LogP contribution >= 0.6 is 0 Å². The number of carbonyl (C=O) groups is 1. The molecule has 0 radical (unpaired) electrons. The molecule has 0 heterocycles. The summed E-state index contributed by atoms with van der Waals surface area (Å²) in [5, 5.41) is 0. The summed E-state index contributed by atoms with van der Waals surface area (Å²) >= 11 is 0. The number of carbonyl (C=O) groups excluding carboxylic acids is 1. The van der Waals surface area contributed by atoms with Gasteiger partial charge in [0.05, 0.1) is 6.10 Å². The van der Waals surface area contributed by atoms with Crippen LogP contribution in [0.15, 0.2) is 0 Å². The molecular weight excluding hydrogens is 168 g/mol. The van der Waals surface area contributed by atoms with Gasteiger partial charge in [-0.05, 0) is 25.2 Å². The zero-order valence-electron chi connectivity index (χ0n) is 7.99. The zero-order valence-corrected chi connectivity index (χ0v) is 7.99. The second-order valence-corrected chi connectivity index (χ2v) is 4.06. The molecule has 2 aliphatic carbocycles. The molecule has 0 aliphatic heterocycles. The van der Waals surface area contributed by atoms with Gasteiger partial charge in [-0.15, -0.1) is 0 Å². The lowest BCUT2D eigenvalue weighted by atomic mass is 9.88. The van der Waals surface area contributed by atoms with Crippen molar-refractivity contribution in [2.75, 3.05) is 13.9 Å². The third kappa shape index (κ3) is 1.76. The van der Waals surface area contributed by atoms with E-state index in [9.17, 15) is 4.79 Å². The molecular formula is C10H16O3. The van der Waals surface area contributed by atoms with Gasteiger partial charge in [0.1, 0.15) is 12.6 Å². The Bertz CT molecular complexity index is 202. The smallest absolute Gasteiger partial charge is 0.146 e. The number of hydrogen-bond acceptors (Lipinski definition) is 3. The molecule has 3 nitrogen and oxygen atoms in total. The van der Waals surface area contributed by atoms with Crippen LogP contribution in [0.4, 0.5) is 0 Å². The van der Waals surface area contributed by atoms with E-state index < -0.39 is 0 Å². The minimum Gasteiger partial charge on any atom is -0.359 e. The van der Waals surface area contributed by atoms with Crippen molar-refractivity contribution in [3.8, 4) is 0 Å². The summed E-state index contributed by atoms with van der Waals surface area (Å²) in [4.78, 5) is 11.5. The largest absolute Gasteiger partial charge is 0.359 e. The third-order valence-corrected chi connectivity index (χ3v) is 3.21. The van der Waals surface area contributed by atoms with E-state index in [-0.39, 0.29) is 12.0 Å². The lowest BCUT2D eigenvalue weighted by Crippen LogP contribution is -2.26. The molecule has 13 heavy (non-hydrogen) atoms. The maximum Gasteiger partial charge on any atom is 0.146 e. The highest BCUT2D eigenvalue weighted by atomic mass is 16.7. The highest BCUT2D eigenvalue weighted by Gasteiger charge is 2.42. The van der Waals surface area contributed by atoms with Gasteiger partial charge in [0.2, 0.25) is 0 Å². The lowest BCUT2D eigenvalue weighted by molar-refractivity contribution is -0.132. The summed E-state index contributed by atoms with van der Waals surface area (Å²) in [6, 6.07) is 0. The highest BCUT2D eigenvalue weighted by Crippen LogP contribution is 2.41. The van der Waals surface area contributed by atoms with Crippen molar-refractivity contribution in [3.05, 3.63) is 0 Å². The van der Waals surface area contributed by atoms with Gasteiger partial charge in [0, 0.05) is 19.4 Å². The van der Waals surface area contributed by atoms with Crippen LogP contribution < -0.4 is 0 Å². The van der Waals surface area contributed by atoms with E-state index in [0.717, 1.165) is 31.6 Å². The molecule has 0 N–H and O–H groups in total. The monoisotopic (exact) mass is 184 g/mol. The van der Waals surface area contributed by atoms with E-state index in [0.29, 0.717) is 12.6 Å². The predicted octanol–water partition coefficient (Wildman–Crippen LogP) is 1.36. The molecule has 0 unspecified atom stereocenters. The van der Waals surface area contributed by atoms with Crippen molar-refractivity contribution in [1.82, 2.24) is 0 Å². The third-order valence-electron chi connectivity index (χ3n) is 3.21. The minimum absolute atomic E-state index is 0.139. The summed E-state index contributed by atoms with van der Waals surface area (Å²) in [6.07, 6.45) is 4.08. The first-order valence-electron chi connectivity index (χ1n) is 4.94. The summed E-state index contributed by atoms with van der Waals surface area (Å²) in [6.45, 7) is 0.321. The van der Waals surface area contributed by atoms with Crippen LogP contribution in [0.2, 0.25) is 0 Å². The topological polar surface area (TPSA) is 35.5 Å². The van der Waals surface area contributed by atoms with Gasteiger partial charge in [-0.3, -0.25) is 4.79 Å². The Balaban J connectivity index is 1.94. The number of ether oxygens (including phenoxy) is 2. The Morgan fingerprint density at radius 1 is 1.46 bits per heavy atom.